The third-order valence-electron chi connectivity index (χ3n) is 2.29. The van der Waals surface area contributed by atoms with Crippen molar-refractivity contribution < 1.29 is 4.59 Å². The molecule has 0 spiro atoms. The Balaban J connectivity index is 2.72. The molecule has 58 valence electrons. The van der Waals surface area contributed by atoms with Gasteiger partial charge in [-0.15, -0.1) is 0 Å². The highest BCUT2D eigenvalue weighted by Crippen LogP contribution is 2.17. The van der Waals surface area contributed by atoms with Crippen LogP contribution in [0, 0.1) is 0 Å². The van der Waals surface area contributed by atoms with E-state index < -0.39 is 0 Å². The summed E-state index contributed by atoms with van der Waals surface area (Å²) < 4.78 is 0.756. The molecule has 10 heavy (non-hydrogen) atoms. The monoisotopic (exact) mass is 142 g/mol. The van der Waals surface area contributed by atoms with Gasteiger partial charge in [-0.05, 0) is 13.8 Å². The molecule has 0 amide bonds. The maximum absolute atomic E-state index is 5.58. The molecule has 2 N–H and O–H groups in total. The molecule has 1 atom stereocenters. The van der Waals surface area contributed by atoms with Crippen molar-refractivity contribution in [3.63, 3.8) is 0 Å². The van der Waals surface area contributed by atoms with Crippen molar-refractivity contribution in [1.29, 1.82) is 0 Å². The first-order valence-corrected chi connectivity index (χ1v) is 3.74. The zero-order valence-corrected chi connectivity index (χ0v) is 6.96. The van der Waals surface area contributed by atoms with Crippen LogP contribution in [0.4, 0.5) is 0 Å². The number of amidine groups is 1. The Hall–Kier alpha value is -0.570. The zero-order valence-electron chi connectivity index (χ0n) is 6.96. The lowest BCUT2D eigenvalue weighted by Crippen LogP contribution is -2.42. The lowest BCUT2D eigenvalue weighted by Gasteiger charge is -2.27. The number of hydrogen-bond donors (Lipinski definition) is 1. The van der Waals surface area contributed by atoms with Crippen molar-refractivity contribution in [1.82, 2.24) is 0 Å². The quantitative estimate of drug-likeness (QED) is 0.532. The molecule has 3 nitrogen and oxygen atoms in total. The van der Waals surface area contributed by atoms with Gasteiger partial charge in [-0.2, -0.15) is 4.59 Å². The molecule has 0 saturated carbocycles. The van der Waals surface area contributed by atoms with Crippen LogP contribution < -0.4 is 5.73 Å². The minimum absolute atomic E-state index is 0.543. The lowest BCUT2D eigenvalue weighted by molar-refractivity contribution is -0.930. The lowest BCUT2D eigenvalue weighted by atomic mass is 10.3. The summed E-state index contributed by atoms with van der Waals surface area (Å²) in [6.45, 7) is 5.40. The molecular formula is C7H16N3+. The summed E-state index contributed by atoms with van der Waals surface area (Å²) in [5.74, 6) is 0.802. The third kappa shape index (κ3) is 1.14. The van der Waals surface area contributed by atoms with Crippen LogP contribution in [0.25, 0.3) is 0 Å². The average Bonchev–Trinajstić information content (AvgIpc) is 2.13. The predicted octanol–water partition coefficient (Wildman–Crippen LogP) is 0.517. The van der Waals surface area contributed by atoms with Gasteiger partial charge in [0.05, 0.1) is 13.5 Å². The Morgan fingerprint density at radius 3 is 2.40 bits per heavy atom. The molecular weight excluding hydrogens is 126 g/mol. The molecule has 1 aliphatic rings. The molecule has 0 aromatic rings. The summed E-state index contributed by atoms with van der Waals surface area (Å²) in [5.41, 5.74) is 5.58. The Bertz CT molecular complexity index is 162. The van der Waals surface area contributed by atoms with Gasteiger partial charge >= 0.3 is 0 Å². The zero-order chi connectivity index (χ0) is 7.78. The Labute approximate surface area is 62.1 Å². The van der Waals surface area contributed by atoms with E-state index in [1.165, 1.54) is 0 Å². The molecule has 0 radical (unpaired) electrons. The van der Waals surface area contributed by atoms with Gasteiger partial charge in [0, 0.05) is 0 Å². The fourth-order valence-electron chi connectivity index (χ4n) is 1.11. The first kappa shape index (κ1) is 7.54. The summed E-state index contributed by atoms with van der Waals surface area (Å²) in [4.78, 5) is 0. The second kappa shape index (κ2) is 2.23. The van der Waals surface area contributed by atoms with Gasteiger partial charge in [0.25, 0.3) is 0 Å². The van der Waals surface area contributed by atoms with Crippen LogP contribution in [0.1, 0.15) is 20.3 Å². The van der Waals surface area contributed by atoms with Gasteiger partial charge in [-0.25, -0.2) is 0 Å². The van der Waals surface area contributed by atoms with E-state index in [9.17, 15) is 0 Å². The molecule has 1 aliphatic heterocycles. The molecule has 0 aromatic carbocycles. The minimum Gasteiger partial charge on any atom is -0.383 e. The molecule has 0 aliphatic carbocycles. The van der Waals surface area contributed by atoms with Crippen LogP contribution in [0.15, 0.2) is 5.10 Å². The second-order valence-electron chi connectivity index (χ2n) is 3.37. The fourth-order valence-corrected chi connectivity index (χ4v) is 1.11. The fraction of sp³-hybridized carbons (Fsp3) is 0.857. The molecule has 0 bridgehead atoms. The average molecular weight is 142 g/mol. The van der Waals surface area contributed by atoms with Crippen molar-refractivity contribution in [3.05, 3.63) is 0 Å². The number of hydrogen-bond acceptors (Lipinski definition) is 2. The molecule has 0 fully saturated rings. The third-order valence-corrected chi connectivity index (χ3v) is 2.29. The topological polar surface area (TPSA) is 38.4 Å². The van der Waals surface area contributed by atoms with E-state index in [0.29, 0.717) is 6.04 Å². The minimum atomic E-state index is 0.543. The Kier molecular flexibility index (Phi) is 1.68. The molecule has 0 saturated heterocycles. The summed E-state index contributed by atoms with van der Waals surface area (Å²) in [5, 5.41) is 4.35. The molecule has 1 rings (SSSR count). The summed E-state index contributed by atoms with van der Waals surface area (Å²) in [6, 6.07) is 0.543. The van der Waals surface area contributed by atoms with E-state index in [-0.39, 0.29) is 0 Å². The maximum atomic E-state index is 5.58. The SMILES string of the molecule is CC(C)[N+]1(C)CCC(N)=N1. The van der Waals surface area contributed by atoms with Crippen LogP contribution >= 0.6 is 0 Å². The summed E-state index contributed by atoms with van der Waals surface area (Å²) in [6.07, 6.45) is 0.953. The van der Waals surface area contributed by atoms with Gasteiger partial charge in [0.2, 0.25) is 0 Å². The first-order valence-electron chi connectivity index (χ1n) is 3.74. The van der Waals surface area contributed by atoms with E-state index in [1.54, 1.807) is 0 Å². The van der Waals surface area contributed by atoms with E-state index in [4.69, 9.17) is 5.73 Å². The van der Waals surface area contributed by atoms with Crippen LogP contribution in [-0.2, 0) is 0 Å². The van der Waals surface area contributed by atoms with Gasteiger partial charge < -0.3 is 5.73 Å². The van der Waals surface area contributed by atoms with Crippen molar-refractivity contribution >= 4 is 5.84 Å². The van der Waals surface area contributed by atoms with Crippen LogP contribution in [0.3, 0.4) is 0 Å². The van der Waals surface area contributed by atoms with Crippen molar-refractivity contribution in [3.8, 4) is 0 Å². The molecule has 3 heteroatoms. The largest absolute Gasteiger partial charge is 0.383 e. The van der Waals surface area contributed by atoms with E-state index in [0.717, 1.165) is 23.4 Å². The van der Waals surface area contributed by atoms with Crippen molar-refractivity contribution in [2.45, 2.75) is 26.3 Å². The number of nitrogens with zero attached hydrogens (tertiary/aromatic N) is 2. The van der Waals surface area contributed by atoms with E-state index >= 15 is 0 Å². The van der Waals surface area contributed by atoms with Crippen LogP contribution in [0.2, 0.25) is 0 Å². The highest BCUT2D eigenvalue weighted by molar-refractivity contribution is 5.80. The van der Waals surface area contributed by atoms with Gasteiger partial charge in [0.1, 0.15) is 12.6 Å². The summed E-state index contributed by atoms with van der Waals surface area (Å²) >= 11 is 0. The highest BCUT2D eigenvalue weighted by Gasteiger charge is 2.31. The number of rotatable bonds is 1. The van der Waals surface area contributed by atoms with E-state index in [2.05, 4.69) is 26.0 Å². The van der Waals surface area contributed by atoms with Gasteiger partial charge in [-0.1, -0.05) is 5.10 Å². The predicted molar refractivity (Wildman–Crippen MR) is 42.4 cm³/mol. The van der Waals surface area contributed by atoms with Crippen molar-refractivity contribution in [2.75, 3.05) is 13.6 Å². The maximum Gasteiger partial charge on any atom is 0.161 e. The molecule has 1 unspecified atom stereocenters. The highest BCUT2D eigenvalue weighted by atomic mass is 15.6. The van der Waals surface area contributed by atoms with Crippen LogP contribution in [0.5, 0.6) is 0 Å². The normalized spacial score (nSPS) is 33.0. The standard InChI is InChI=1S/C7H16N3/c1-6(2)10(3)5-4-7(8)9-10/h6H,4-5H2,1-3H3,(H2,8,9)/q+1. The number of quaternary nitrogens is 1. The number of nitrogens with two attached hydrogens (primary N) is 1. The first-order chi connectivity index (χ1) is 4.54. The Morgan fingerprint density at radius 1 is 1.60 bits per heavy atom. The Morgan fingerprint density at radius 2 is 2.20 bits per heavy atom. The summed E-state index contributed by atoms with van der Waals surface area (Å²) in [7, 11) is 2.12. The second-order valence-corrected chi connectivity index (χ2v) is 3.37. The molecule has 1 heterocycles. The van der Waals surface area contributed by atoms with Crippen molar-refractivity contribution in [2.24, 2.45) is 10.8 Å². The van der Waals surface area contributed by atoms with Gasteiger partial charge in [0.15, 0.2) is 5.84 Å². The van der Waals surface area contributed by atoms with Crippen LogP contribution in [-0.4, -0.2) is 30.1 Å². The molecule has 0 aromatic heterocycles. The smallest absolute Gasteiger partial charge is 0.161 e. The van der Waals surface area contributed by atoms with Gasteiger partial charge in [-0.3, -0.25) is 0 Å². The van der Waals surface area contributed by atoms with E-state index in [1.807, 2.05) is 0 Å².